The Balaban J connectivity index is 2.32. The molecule has 5 heteroatoms. The largest absolute Gasteiger partial charge is 0.467 e. The van der Waals surface area contributed by atoms with E-state index in [0.717, 1.165) is 16.7 Å². The minimum absolute atomic E-state index is 0.153. The Morgan fingerprint density at radius 1 is 1.04 bits per heavy atom. The van der Waals surface area contributed by atoms with Gasteiger partial charge >= 0.3 is 5.97 Å². The van der Waals surface area contributed by atoms with Gasteiger partial charge in [-0.05, 0) is 36.8 Å². The molecule has 0 aliphatic carbocycles. The Labute approximate surface area is 141 Å². The quantitative estimate of drug-likeness (QED) is 0.351. The van der Waals surface area contributed by atoms with Crippen LogP contribution in [0.3, 0.4) is 0 Å². The fourth-order valence-corrected chi connectivity index (χ4v) is 2.40. The number of thiocarbonyl (C=S) groups is 1. The highest BCUT2D eigenvalue weighted by Gasteiger charge is 2.13. The van der Waals surface area contributed by atoms with Crippen LogP contribution in [0.4, 0.5) is 0 Å². The summed E-state index contributed by atoms with van der Waals surface area (Å²) < 4.78 is 15.2. The number of aryl methyl sites for hydroxylation is 1. The second kappa shape index (κ2) is 7.85. The van der Waals surface area contributed by atoms with Gasteiger partial charge in [-0.2, -0.15) is 0 Å². The molecule has 0 N–H and O–H groups in total. The first-order chi connectivity index (χ1) is 11.1. The molecule has 0 saturated heterocycles. The molecule has 2 aromatic carbocycles. The van der Waals surface area contributed by atoms with Gasteiger partial charge in [-0.25, -0.2) is 4.79 Å². The molecule has 0 aromatic heterocycles. The molecule has 0 unspecified atom stereocenters. The lowest BCUT2D eigenvalue weighted by Crippen LogP contribution is -2.07. The van der Waals surface area contributed by atoms with E-state index in [1.165, 1.54) is 7.11 Å². The van der Waals surface area contributed by atoms with Gasteiger partial charge in [-0.1, -0.05) is 36.0 Å². The molecule has 2 aromatic rings. The maximum Gasteiger partial charge on any atom is 0.337 e. The van der Waals surface area contributed by atoms with Crippen molar-refractivity contribution in [2.45, 2.75) is 6.92 Å². The molecule has 0 aliphatic heterocycles. The summed E-state index contributed by atoms with van der Waals surface area (Å²) in [6.07, 6.45) is 0. The van der Waals surface area contributed by atoms with E-state index >= 15 is 0 Å². The van der Waals surface area contributed by atoms with Crippen LogP contribution in [0.25, 0.3) is 0 Å². The predicted molar refractivity (Wildman–Crippen MR) is 92.3 cm³/mol. The van der Waals surface area contributed by atoms with Gasteiger partial charge in [0, 0.05) is 12.7 Å². The highest BCUT2D eigenvalue weighted by Crippen LogP contribution is 2.24. The van der Waals surface area contributed by atoms with Crippen LogP contribution < -0.4 is 4.74 Å². The maximum absolute atomic E-state index is 11.5. The molecule has 4 nitrogen and oxygen atoms in total. The average molecular weight is 330 g/mol. The van der Waals surface area contributed by atoms with Crippen LogP contribution in [-0.2, 0) is 9.47 Å². The van der Waals surface area contributed by atoms with Crippen LogP contribution in [-0.4, -0.2) is 31.8 Å². The number of carbonyl (C=O) groups is 1. The van der Waals surface area contributed by atoms with Crippen molar-refractivity contribution in [1.82, 2.24) is 0 Å². The number of carbonyl (C=O) groups excluding carboxylic acids is 1. The molecule has 0 spiro atoms. The number of hydrogen-bond acceptors (Lipinski definition) is 5. The van der Waals surface area contributed by atoms with Gasteiger partial charge in [0.25, 0.3) is 0 Å². The second-order valence-corrected chi connectivity index (χ2v) is 5.36. The van der Waals surface area contributed by atoms with E-state index in [4.69, 9.17) is 26.4 Å². The first kappa shape index (κ1) is 17.1. The van der Waals surface area contributed by atoms with Gasteiger partial charge < -0.3 is 14.2 Å². The van der Waals surface area contributed by atoms with E-state index in [2.05, 4.69) is 0 Å². The van der Waals surface area contributed by atoms with Gasteiger partial charge in [0.05, 0.1) is 17.5 Å². The zero-order chi connectivity index (χ0) is 16.8. The summed E-state index contributed by atoms with van der Waals surface area (Å²) in [5.74, 6) is 0.293. The monoisotopic (exact) mass is 330 g/mol. The molecule has 0 bridgehead atoms. The standard InChI is InChI=1S/C18H18O4S/c1-12-4-9-16(22-11-20-2)15(10-12)17(23)13-5-7-14(8-6-13)18(19)21-3/h4-10H,11H2,1-3H3. The van der Waals surface area contributed by atoms with Gasteiger partial charge in [0.1, 0.15) is 5.75 Å². The summed E-state index contributed by atoms with van der Waals surface area (Å²) in [5.41, 5.74) is 3.22. The lowest BCUT2D eigenvalue weighted by molar-refractivity contribution is 0.0510. The van der Waals surface area contributed by atoms with Gasteiger partial charge in [-0.15, -0.1) is 0 Å². The number of ether oxygens (including phenoxy) is 3. The predicted octanol–water partition coefficient (Wildman–Crippen LogP) is 3.53. The zero-order valence-electron chi connectivity index (χ0n) is 13.3. The third kappa shape index (κ3) is 4.15. The topological polar surface area (TPSA) is 44.8 Å². The van der Waals surface area contributed by atoms with Crippen LogP contribution in [0.2, 0.25) is 0 Å². The van der Waals surface area contributed by atoms with Crippen molar-refractivity contribution in [3.8, 4) is 5.75 Å². The van der Waals surface area contributed by atoms with Crippen molar-refractivity contribution in [3.63, 3.8) is 0 Å². The summed E-state index contributed by atoms with van der Waals surface area (Å²) in [6.45, 7) is 2.15. The Morgan fingerprint density at radius 2 is 1.70 bits per heavy atom. The molecule has 0 heterocycles. The zero-order valence-corrected chi connectivity index (χ0v) is 14.1. The highest BCUT2D eigenvalue weighted by atomic mass is 32.1. The lowest BCUT2D eigenvalue weighted by Gasteiger charge is -2.13. The number of esters is 1. The van der Waals surface area contributed by atoms with Crippen LogP contribution in [0.1, 0.15) is 27.0 Å². The van der Waals surface area contributed by atoms with E-state index in [1.807, 2.05) is 25.1 Å². The molecule has 0 saturated carbocycles. The Hall–Kier alpha value is -2.24. The first-order valence-corrected chi connectivity index (χ1v) is 7.43. The molecule has 0 radical (unpaired) electrons. The Bertz CT molecular complexity index is 707. The minimum Gasteiger partial charge on any atom is -0.467 e. The Kier molecular flexibility index (Phi) is 5.84. The van der Waals surface area contributed by atoms with Crippen molar-refractivity contribution >= 4 is 23.1 Å². The molecule has 23 heavy (non-hydrogen) atoms. The first-order valence-electron chi connectivity index (χ1n) is 7.02. The van der Waals surface area contributed by atoms with Crippen molar-refractivity contribution in [3.05, 3.63) is 64.7 Å². The molecule has 0 atom stereocenters. The third-order valence-corrected chi connectivity index (χ3v) is 3.74. The summed E-state index contributed by atoms with van der Waals surface area (Å²) in [7, 11) is 2.92. The molecule has 0 aliphatic rings. The average Bonchev–Trinajstić information content (AvgIpc) is 2.59. The summed E-state index contributed by atoms with van der Waals surface area (Å²) in [6, 6.07) is 12.8. The van der Waals surface area contributed by atoms with Crippen molar-refractivity contribution in [2.24, 2.45) is 0 Å². The maximum atomic E-state index is 11.5. The fourth-order valence-electron chi connectivity index (χ4n) is 2.10. The number of benzene rings is 2. The van der Waals surface area contributed by atoms with Crippen LogP contribution in [0.15, 0.2) is 42.5 Å². The molecular weight excluding hydrogens is 312 g/mol. The minimum atomic E-state index is -0.373. The van der Waals surface area contributed by atoms with Crippen LogP contribution in [0, 0.1) is 6.92 Å². The van der Waals surface area contributed by atoms with E-state index in [0.29, 0.717) is 16.2 Å². The molecule has 2 rings (SSSR count). The van der Waals surface area contributed by atoms with E-state index in [-0.39, 0.29) is 12.8 Å². The smallest absolute Gasteiger partial charge is 0.337 e. The van der Waals surface area contributed by atoms with Gasteiger partial charge in [-0.3, -0.25) is 0 Å². The van der Waals surface area contributed by atoms with Crippen molar-refractivity contribution in [2.75, 3.05) is 21.0 Å². The van der Waals surface area contributed by atoms with E-state index < -0.39 is 0 Å². The number of methoxy groups -OCH3 is 2. The molecule has 0 fully saturated rings. The van der Waals surface area contributed by atoms with Gasteiger partial charge in [0.2, 0.25) is 0 Å². The van der Waals surface area contributed by atoms with E-state index in [1.54, 1.807) is 31.4 Å². The lowest BCUT2D eigenvalue weighted by atomic mass is 10.0. The summed E-state index contributed by atoms with van der Waals surface area (Å²) in [4.78, 5) is 12.1. The SMILES string of the molecule is COCOc1ccc(C)cc1C(=S)c1ccc(C(=O)OC)cc1. The summed E-state index contributed by atoms with van der Waals surface area (Å²) >= 11 is 5.58. The second-order valence-electron chi connectivity index (χ2n) is 4.95. The van der Waals surface area contributed by atoms with E-state index in [9.17, 15) is 4.79 Å². The van der Waals surface area contributed by atoms with Crippen molar-refractivity contribution in [1.29, 1.82) is 0 Å². The number of rotatable bonds is 6. The van der Waals surface area contributed by atoms with Gasteiger partial charge in [0.15, 0.2) is 6.79 Å². The fraction of sp³-hybridized carbons (Fsp3) is 0.222. The molecular formula is C18H18O4S. The van der Waals surface area contributed by atoms with Crippen LogP contribution >= 0.6 is 12.2 Å². The highest BCUT2D eigenvalue weighted by molar-refractivity contribution is 7.81. The normalized spacial score (nSPS) is 10.2. The third-order valence-electron chi connectivity index (χ3n) is 3.28. The Morgan fingerprint density at radius 3 is 2.30 bits per heavy atom. The molecule has 0 amide bonds. The van der Waals surface area contributed by atoms with Crippen LogP contribution in [0.5, 0.6) is 5.75 Å². The van der Waals surface area contributed by atoms with Crippen molar-refractivity contribution < 1.29 is 19.0 Å². The summed E-state index contributed by atoms with van der Waals surface area (Å²) in [5, 5.41) is 0. The number of hydrogen-bond donors (Lipinski definition) is 0. The molecule has 120 valence electrons.